The maximum Gasteiger partial charge on any atom is 0.224 e. The second-order valence-electron chi connectivity index (χ2n) is 8.95. The number of rotatable bonds is 4. The molecule has 1 aromatic carbocycles. The summed E-state index contributed by atoms with van der Waals surface area (Å²) in [5.41, 5.74) is 5.60. The van der Waals surface area contributed by atoms with E-state index in [9.17, 15) is 4.79 Å². The molecule has 0 spiro atoms. The lowest BCUT2D eigenvalue weighted by Gasteiger charge is -2.31. The van der Waals surface area contributed by atoms with Crippen molar-refractivity contribution in [1.29, 1.82) is 0 Å². The summed E-state index contributed by atoms with van der Waals surface area (Å²) in [4.78, 5) is 17.4. The van der Waals surface area contributed by atoms with Crippen LogP contribution in [0.25, 0.3) is 10.9 Å². The second-order valence-corrected chi connectivity index (χ2v) is 8.95. The van der Waals surface area contributed by atoms with Crippen LogP contribution in [-0.2, 0) is 24.2 Å². The van der Waals surface area contributed by atoms with Crippen molar-refractivity contribution in [2.45, 2.75) is 70.9 Å². The van der Waals surface area contributed by atoms with E-state index in [2.05, 4.69) is 41.6 Å². The van der Waals surface area contributed by atoms with E-state index in [4.69, 9.17) is 0 Å². The fourth-order valence-corrected chi connectivity index (χ4v) is 5.18. The molecule has 2 aromatic rings. The van der Waals surface area contributed by atoms with Gasteiger partial charge in [-0.3, -0.25) is 4.79 Å². The highest BCUT2D eigenvalue weighted by Gasteiger charge is 2.24. The Morgan fingerprint density at radius 1 is 1.14 bits per heavy atom. The molecule has 4 nitrogen and oxygen atoms in total. The van der Waals surface area contributed by atoms with Crippen LogP contribution in [0, 0.1) is 6.92 Å². The lowest BCUT2D eigenvalue weighted by molar-refractivity contribution is -0.132. The SMILES string of the molecule is Cc1ccc2c(c1)c1c(n2CCC(=O)N(C)C2CCCCC2)CCN(C)CC1. The van der Waals surface area contributed by atoms with Crippen LogP contribution >= 0.6 is 0 Å². The summed E-state index contributed by atoms with van der Waals surface area (Å²) in [5, 5.41) is 1.40. The Balaban J connectivity index is 1.57. The average molecular weight is 382 g/mol. The van der Waals surface area contributed by atoms with Gasteiger partial charge in [-0.15, -0.1) is 0 Å². The summed E-state index contributed by atoms with van der Waals surface area (Å²) in [7, 11) is 4.23. The number of hydrogen-bond donors (Lipinski definition) is 0. The Morgan fingerprint density at radius 3 is 2.68 bits per heavy atom. The standard InChI is InChI=1S/C24H35N3O/c1-18-9-10-22-21(17-18)20-11-14-25(2)15-12-23(20)27(22)16-13-24(28)26(3)19-7-5-4-6-8-19/h9-10,17,19H,4-8,11-16H2,1-3H3. The van der Waals surface area contributed by atoms with Gasteiger partial charge >= 0.3 is 0 Å². The van der Waals surface area contributed by atoms with Crippen LogP contribution < -0.4 is 0 Å². The van der Waals surface area contributed by atoms with Crippen molar-refractivity contribution in [1.82, 2.24) is 14.4 Å². The summed E-state index contributed by atoms with van der Waals surface area (Å²) < 4.78 is 2.45. The van der Waals surface area contributed by atoms with Gasteiger partial charge in [-0.1, -0.05) is 30.9 Å². The Hall–Kier alpha value is -1.81. The van der Waals surface area contributed by atoms with E-state index < -0.39 is 0 Å². The molecule has 1 fully saturated rings. The van der Waals surface area contributed by atoms with Gasteiger partial charge in [0.2, 0.25) is 5.91 Å². The smallest absolute Gasteiger partial charge is 0.224 e. The zero-order valence-corrected chi connectivity index (χ0v) is 17.8. The van der Waals surface area contributed by atoms with Crippen molar-refractivity contribution in [2.24, 2.45) is 0 Å². The first-order valence-electron chi connectivity index (χ1n) is 11.1. The third-order valence-electron chi connectivity index (χ3n) is 6.98. The van der Waals surface area contributed by atoms with Crippen molar-refractivity contribution in [3.63, 3.8) is 0 Å². The third kappa shape index (κ3) is 3.84. The zero-order valence-electron chi connectivity index (χ0n) is 17.8. The van der Waals surface area contributed by atoms with Crippen LogP contribution in [0.15, 0.2) is 18.2 Å². The van der Waals surface area contributed by atoms with Gasteiger partial charge in [-0.2, -0.15) is 0 Å². The van der Waals surface area contributed by atoms with Crippen LogP contribution in [0.1, 0.15) is 55.3 Å². The number of aromatic nitrogens is 1. The van der Waals surface area contributed by atoms with Gasteiger partial charge in [0.1, 0.15) is 0 Å². The van der Waals surface area contributed by atoms with Gasteiger partial charge in [-0.25, -0.2) is 0 Å². The van der Waals surface area contributed by atoms with Crippen molar-refractivity contribution in [3.05, 3.63) is 35.0 Å². The molecule has 0 bridgehead atoms. The van der Waals surface area contributed by atoms with Crippen molar-refractivity contribution < 1.29 is 4.79 Å². The first kappa shape index (κ1) is 19.5. The highest BCUT2D eigenvalue weighted by Crippen LogP contribution is 2.30. The molecule has 1 aromatic heterocycles. The normalized spacial score (nSPS) is 18.8. The van der Waals surface area contributed by atoms with E-state index in [0.29, 0.717) is 18.4 Å². The molecule has 1 aliphatic carbocycles. The third-order valence-corrected chi connectivity index (χ3v) is 6.98. The molecule has 0 atom stereocenters. The molecule has 1 amide bonds. The summed E-state index contributed by atoms with van der Waals surface area (Å²) >= 11 is 0. The van der Waals surface area contributed by atoms with E-state index in [1.165, 1.54) is 59.8 Å². The number of nitrogens with zero attached hydrogens (tertiary/aromatic N) is 3. The fourth-order valence-electron chi connectivity index (χ4n) is 5.18. The number of aryl methyl sites for hydroxylation is 2. The largest absolute Gasteiger partial charge is 0.344 e. The number of carbonyl (C=O) groups excluding carboxylic acids is 1. The first-order valence-corrected chi connectivity index (χ1v) is 11.1. The van der Waals surface area contributed by atoms with Crippen molar-refractivity contribution >= 4 is 16.8 Å². The Morgan fingerprint density at radius 2 is 1.89 bits per heavy atom. The maximum atomic E-state index is 12.9. The van der Waals surface area contributed by atoms with E-state index in [0.717, 1.165) is 32.5 Å². The van der Waals surface area contributed by atoms with E-state index >= 15 is 0 Å². The topological polar surface area (TPSA) is 28.5 Å². The lowest BCUT2D eigenvalue weighted by atomic mass is 9.94. The number of carbonyl (C=O) groups is 1. The van der Waals surface area contributed by atoms with Gasteiger partial charge in [0.15, 0.2) is 0 Å². The van der Waals surface area contributed by atoms with Gasteiger partial charge in [0, 0.05) is 62.2 Å². The molecule has 1 aliphatic heterocycles. The molecule has 2 heterocycles. The molecule has 152 valence electrons. The Kier molecular flexibility index (Phi) is 5.77. The second kappa shape index (κ2) is 8.28. The minimum absolute atomic E-state index is 0.306. The number of likely N-dealkylation sites (N-methyl/N-ethyl adjacent to an activating group) is 1. The molecular formula is C24H35N3O. The number of fused-ring (bicyclic) bond motifs is 3. The summed E-state index contributed by atoms with van der Waals surface area (Å²) in [5.74, 6) is 0.306. The molecule has 4 heteroatoms. The highest BCUT2D eigenvalue weighted by atomic mass is 16.2. The molecule has 0 radical (unpaired) electrons. The minimum atomic E-state index is 0.306. The molecule has 2 aliphatic rings. The van der Waals surface area contributed by atoms with E-state index in [1.807, 2.05) is 11.9 Å². The molecule has 0 unspecified atom stereocenters. The lowest BCUT2D eigenvalue weighted by Crippen LogP contribution is -2.38. The molecular weight excluding hydrogens is 346 g/mol. The summed E-state index contributed by atoms with van der Waals surface area (Å²) in [6.45, 7) is 5.19. The molecule has 0 N–H and O–H groups in total. The molecule has 4 rings (SSSR count). The summed E-state index contributed by atoms with van der Waals surface area (Å²) in [6, 6.07) is 7.26. The van der Waals surface area contributed by atoms with Crippen LogP contribution in [0.2, 0.25) is 0 Å². The predicted octanol–water partition coefficient (Wildman–Crippen LogP) is 4.16. The average Bonchev–Trinajstić information content (AvgIpc) is 2.86. The van der Waals surface area contributed by atoms with Crippen LogP contribution in [0.5, 0.6) is 0 Å². The van der Waals surface area contributed by atoms with Gasteiger partial charge in [0.05, 0.1) is 0 Å². The minimum Gasteiger partial charge on any atom is -0.344 e. The predicted molar refractivity (Wildman–Crippen MR) is 116 cm³/mol. The molecule has 0 saturated heterocycles. The number of amides is 1. The quantitative estimate of drug-likeness (QED) is 0.795. The van der Waals surface area contributed by atoms with Crippen LogP contribution in [0.4, 0.5) is 0 Å². The number of hydrogen-bond acceptors (Lipinski definition) is 2. The van der Waals surface area contributed by atoms with Crippen molar-refractivity contribution in [2.75, 3.05) is 27.2 Å². The molecule has 28 heavy (non-hydrogen) atoms. The summed E-state index contributed by atoms with van der Waals surface area (Å²) in [6.07, 6.45) is 9.00. The van der Waals surface area contributed by atoms with Gasteiger partial charge < -0.3 is 14.4 Å². The van der Waals surface area contributed by atoms with Gasteiger partial charge in [0.25, 0.3) is 0 Å². The Labute approximate surface area is 169 Å². The first-order chi connectivity index (χ1) is 13.5. The fraction of sp³-hybridized carbons (Fsp3) is 0.625. The monoisotopic (exact) mass is 381 g/mol. The van der Waals surface area contributed by atoms with Crippen LogP contribution in [-0.4, -0.2) is 53.5 Å². The van der Waals surface area contributed by atoms with Gasteiger partial charge in [-0.05, 0) is 50.9 Å². The highest BCUT2D eigenvalue weighted by molar-refractivity contribution is 5.87. The number of benzene rings is 1. The Bertz CT molecular complexity index is 847. The van der Waals surface area contributed by atoms with Crippen molar-refractivity contribution in [3.8, 4) is 0 Å². The van der Waals surface area contributed by atoms with Crippen LogP contribution in [0.3, 0.4) is 0 Å². The molecule has 1 saturated carbocycles. The zero-order chi connectivity index (χ0) is 19.7. The van der Waals surface area contributed by atoms with E-state index in [1.54, 1.807) is 0 Å². The van der Waals surface area contributed by atoms with E-state index in [-0.39, 0.29) is 0 Å². The maximum absolute atomic E-state index is 12.9.